The maximum Gasteiger partial charge on any atom is 0.123 e. The average molecular weight is 222 g/mol. The van der Waals surface area contributed by atoms with E-state index in [0.717, 1.165) is 18.4 Å². The summed E-state index contributed by atoms with van der Waals surface area (Å²) in [5.41, 5.74) is 10.7. The summed E-state index contributed by atoms with van der Waals surface area (Å²) >= 11 is 0. The van der Waals surface area contributed by atoms with Gasteiger partial charge in [-0.3, -0.25) is 0 Å². The number of aryl methyl sites for hydroxylation is 1. The van der Waals surface area contributed by atoms with E-state index in [4.69, 9.17) is 5.73 Å². The summed E-state index contributed by atoms with van der Waals surface area (Å²) in [5, 5.41) is 0. The summed E-state index contributed by atoms with van der Waals surface area (Å²) < 4.78 is 0. The molecule has 1 aromatic heterocycles. The van der Waals surface area contributed by atoms with Gasteiger partial charge in [0, 0.05) is 11.8 Å². The van der Waals surface area contributed by atoms with Gasteiger partial charge in [-0.05, 0) is 41.7 Å². The monoisotopic (exact) mass is 222 g/mol. The number of nitrogen functional groups attached to an aromatic ring is 1. The van der Waals surface area contributed by atoms with Gasteiger partial charge < -0.3 is 5.73 Å². The van der Waals surface area contributed by atoms with Crippen LogP contribution in [0.15, 0.2) is 42.6 Å². The Balaban J connectivity index is 2.16. The van der Waals surface area contributed by atoms with Crippen molar-refractivity contribution in [2.45, 2.75) is 12.8 Å². The second-order valence-corrected chi connectivity index (χ2v) is 4.29. The quantitative estimate of drug-likeness (QED) is 0.804. The zero-order valence-electron chi connectivity index (χ0n) is 9.56. The molecule has 0 spiro atoms. The van der Waals surface area contributed by atoms with E-state index in [1.807, 2.05) is 18.3 Å². The molecule has 0 saturated heterocycles. The van der Waals surface area contributed by atoms with E-state index < -0.39 is 0 Å². The summed E-state index contributed by atoms with van der Waals surface area (Å²) in [5.74, 6) is 0.564. The van der Waals surface area contributed by atoms with Crippen molar-refractivity contribution in [3.8, 4) is 11.1 Å². The molecular weight excluding hydrogens is 208 g/mol. The van der Waals surface area contributed by atoms with E-state index in [-0.39, 0.29) is 0 Å². The van der Waals surface area contributed by atoms with Gasteiger partial charge in [0.2, 0.25) is 0 Å². The maximum absolute atomic E-state index is 5.62. The average Bonchev–Trinajstić information content (AvgIpc) is 2.39. The van der Waals surface area contributed by atoms with Crippen LogP contribution in [-0.4, -0.2) is 4.98 Å². The predicted molar refractivity (Wildman–Crippen MR) is 71.4 cm³/mol. The third-order valence-electron chi connectivity index (χ3n) is 3.16. The van der Waals surface area contributed by atoms with Crippen LogP contribution in [0.4, 0.5) is 5.82 Å². The summed E-state index contributed by atoms with van der Waals surface area (Å²) in [7, 11) is 0. The number of rotatable bonds is 1. The first-order valence-electron chi connectivity index (χ1n) is 5.85. The molecule has 1 aliphatic rings. The van der Waals surface area contributed by atoms with Gasteiger partial charge in [0.25, 0.3) is 0 Å². The fourth-order valence-electron chi connectivity index (χ4n) is 2.28. The molecule has 1 heterocycles. The van der Waals surface area contributed by atoms with E-state index >= 15 is 0 Å². The first-order valence-corrected chi connectivity index (χ1v) is 5.85. The Morgan fingerprint density at radius 3 is 2.88 bits per heavy atom. The molecule has 2 aromatic rings. The smallest absolute Gasteiger partial charge is 0.123 e. The third kappa shape index (κ3) is 1.82. The molecule has 0 atom stereocenters. The highest BCUT2D eigenvalue weighted by atomic mass is 14.8. The number of anilines is 1. The Morgan fingerprint density at radius 2 is 2.06 bits per heavy atom. The van der Waals surface area contributed by atoms with E-state index in [0.29, 0.717) is 5.82 Å². The number of pyridine rings is 1. The van der Waals surface area contributed by atoms with E-state index in [9.17, 15) is 0 Å². The van der Waals surface area contributed by atoms with Crippen molar-refractivity contribution >= 4 is 11.9 Å². The van der Waals surface area contributed by atoms with Gasteiger partial charge in [0.15, 0.2) is 0 Å². The molecule has 2 N–H and O–H groups in total. The highest BCUT2D eigenvalue weighted by molar-refractivity contribution is 5.77. The summed E-state index contributed by atoms with van der Waals surface area (Å²) in [6, 6.07) is 10.3. The number of hydrogen-bond acceptors (Lipinski definition) is 2. The third-order valence-corrected chi connectivity index (χ3v) is 3.16. The first kappa shape index (κ1) is 10.1. The van der Waals surface area contributed by atoms with Crippen molar-refractivity contribution in [2.75, 3.05) is 5.73 Å². The Hall–Kier alpha value is -2.09. The van der Waals surface area contributed by atoms with E-state index in [2.05, 4.69) is 35.3 Å². The minimum atomic E-state index is 0.564. The highest BCUT2D eigenvalue weighted by Crippen LogP contribution is 2.30. The van der Waals surface area contributed by atoms with Crippen molar-refractivity contribution in [1.82, 2.24) is 4.98 Å². The molecular formula is C15H14N2. The van der Waals surface area contributed by atoms with Crippen molar-refractivity contribution in [2.24, 2.45) is 0 Å². The molecule has 0 unspecified atom stereocenters. The van der Waals surface area contributed by atoms with Crippen LogP contribution in [0.3, 0.4) is 0 Å². The number of nitrogens with two attached hydrogens (primary N) is 1. The second-order valence-electron chi connectivity index (χ2n) is 4.29. The molecule has 0 saturated carbocycles. The minimum absolute atomic E-state index is 0.564. The van der Waals surface area contributed by atoms with Crippen LogP contribution < -0.4 is 5.73 Å². The van der Waals surface area contributed by atoms with Gasteiger partial charge >= 0.3 is 0 Å². The Labute approximate surface area is 101 Å². The van der Waals surface area contributed by atoms with Crippen LogP contribution in [0.2, 0.25) is 0 Å². The highest BCUT2D eigenvalue weighted by Gasteiger charge is 2.10. The number of benzene rings is 1. The summed E-state index contributed by atoms with van der Waals surface area (Å²) in [6.07, 6.45) is 8.55. The van der Waals surface area contributed by atoms with Crippen LogP contribution >= 0.6 is 0 Å². The summed E-state index contributed by atoms with van der Waals surface area (Å²) in [6.45, 7) is 0. The molecule has 17 heavy (non-hydrogen) atoms. The molecule has 0 bridgehead atoms. The van der Waals surface area contributed by atoms with Crippen molar-refractivity contribution < 1.29 is 0 Å². The van der Waals surface area contributed by atoms with Gasteiger partial charge in [0.05, 0.1) is 0 Å². The van der Waals surface area contributed by atoms with Gasteiger partial charge in [-0.1, -0.05) is 30.4 Å². The van der Waals surface area contributed by atoms with Crippen LogP contribution in [0.1, 0.15) is 17.5 Å². The molecule has 0 amide bonds. The number of aromatic nitrogens is 1. The Morgan fingerprint density at radius 1 is 1.12 bits per heavy atom. The van der Waals surface area contributed by atoms with Gasteiger partial charge in [-0.15, -0.1) is 0 Å². The fraction of sp³-hybridized carbons (Fsp3) is 0.133. The predicted octanol–water partition coefficient (Wildman–Crippen LogP) is 3.29. The molecule has 2 heteroatoms. The summed E-state index contributed by atoms with van der Waals surface area (Å²) in [4.78, 5) is 4.16. The lowest BCUT2D eigenvalue weighted by molar-refractivity contribution is 0.986. The molecule has 3 rings (SSSR count). The van der Waals surface area contributed by atoms with Crippen LogP contribution in [-0.2, 0) is 6.42 Å². The van der Waals surface area contributed by atoms with E-state index in [1.54, 1.807) is 0 Å². The van der Waals surface area contributed by atoms with Gasteiger partial charge in [-0.25, -0.2) is 4.98 Å². The van der Waals surface area contributed by atoms with Gasteiger partial charge in [0.1, 0.15) is 5.82 Å². The van der Waals surface area contributed by atoms with Gasteiger partial charge in [-0.2, -0.15) is 0 Å². The van der Waals surface area contributed by atoms with Crippen molar-refractivity contribution in [1.29, 1.82) is 0 Å². The van der Waals surface area contributed by atoms with Crippen LogP contribution in [0, 0.1) is 0 Å². The topological polar surface area (TPSA) is 38.9 Å². The molecule has 2 nitrogen and oxygen atoms in total. The van der Waals surface area contributed by atoms with Crippen LogP contribution in [0.5, 0.6) is 0 Å². The van der Waals surface area contributed by atoms with E-state index in [1.165, 1.54) is 16.7 Å². The second kappa shape index (κ2) is 4.06. The standard InChI is InChI=1S/C15H14N2/c16-15-9-8-12(10-17-15)14-7-3-5-11-4-1-2-6-13(11)14/h2-3,5-10H,1,4H2,(H2,16,17). The van der Waals surface area contributed by atoms with Crippen LogP contribution in [0.25, 0.3) is 17.2 Å². The molecule has 1 aliphatic carbocycles. The largest absolute Gasteiger partial charge is 0.384 e. The number of hydrogen-bond donors (Lipinski definition) is 1. The molecule has 1 aromatic carbocycles. The maximum atomic E-state index is 5.62. The lowest BCUT2D eigenvalue weighted by atomic mass is 9.90. The molecule has 84 valence electrons. The lowest BCUT2D eigenvalue weighted by Gasteiger charge is -2.14. The number of nitrogens with zero attached hydrogens (tertiary/aromatic N) is 1. The lowest BCUT2D eigenvalue weighted by Crippen LogP contribution is -1.97. The SMILES string of the molecule is Nc1ccc(-c2cccc3c2C=CCC3)cn1. The fourth-order valence-corrected chi connectivity index (χ4v) is 2.28. The first-order chi connectivity index (χ1) is 8.34. The molecule has 0 fully saturated rings. The normalized spacial score (nSPS) is 13.4. The molecule has 0 radical (unpaired) electrons. The van der Waals surface area contributed by atoms with Crippen molar-refractivity contribution in [3.05, 3.63) is 53.7 Å². The number of allylic oxidation sites excluding steroid dienone is 1. The Kier molecular flexibility index (Phi) is 2.41. The van der Waals surface area contributed by atoms with Crippen molar-refractivity contribution in [3.63, 3.8) is 0 Å². The zero-order valence-corrected chi connectivity index (χ0v) is 9.56. The zero-order chi connectivity index (χ0) is 11.7. The number of fused-ring (bicyclic) bond motifs is 1. The minimum Gasteiger partial charge on any atom is -0.384 e. The Bertz CT molecular complexity index is 568. The molecule has 0 aliphatic heterocycles.